The van der Waals surface area contributed by atoms with Gasteiger partial charge in [-0.2, -0.15) is 5.10 Å². The van der Waals surface area contributed by atoms with Gasteiger partial charge in [0.05, 0.1) is 22.5 Å². The number of rotatable bonds is 4. The molecule has 0 bridgehead atoms. The zero-order chi connectivity index (χ0) is 14.5. The van der Waals surface area contributed by atoms with Gasteiger partial charge in [0.2, 0.25) is 0 Å². The molecule has 0 aliphatic rings. The molecule has 6 heteroatoms. The second-order valence-corrected chi connectivity index (χ2v) is 4.76. The monoisotopic (exact) mass is 308 g/mol. The first-order chi connectivity index (χ1) is 9.56. The number of anilines is 1. The summed E-state index contributed by atoms with van der Waals surface area (Å²) in [4.78, 5) is 10.9. The van der Waals surface area contributed by atoms with E-state index in [9.17, 15) is 4.79 Å². The van der Waals surface area contributed by atoms with Crippen LogP contribution in [0.15, 0.2) is 47.6 Å². The van der Waals surface area contributed by atoms with Crippen LogP contribution in [0.1, 0.15) is 15.9 Å². The molecule has 0 aliphatic carbocycles. The summed E-state index contributed by atoms with van der Waals surface area (Å²) in [7, 11) is 0. The summed E-state index contributed by atoms with van der Waals surface area (Å²) in [6.07, 6.45) is 1.60. The molecule has 4 nitrogen and oxygen atoms in total. The van der Waals surface area contributed by atoms with Gasteiger partial charge in [0, 0.05) is 5.02 Å². The summed E-state index contributed by atoms with van der Waals surface area (Å²) < 4.78 is 0. The zero-order valence-corrected chi connectivity index (χ0v) is 11.7. The lowest BCUT2D eigenvalue weighted by atomic mass is 10.2. The fourth-order valence-electron chi connectivity index (χ4n) is 1.49. The Hall–Kier alpha value is -2.04. The molecule has 0 heterocycles. The minimum Gasteiger partial charge on any atom is -0.478 e. The maximum absolute atomic E-state index is 10.9. The molecule has 2 rings (SSSR count). The third kappa shape index (κ3) is 3.73. The standard InChI is InChI=1S/C14H10Cl2N2O2/c15-10-3-1-9(2-4-10)8-17-18-11-5-6-13(16)12(7-11)14(19)20/h1-8,18H,(H,19,20). The second kappa shape index (κ2) is 6.41. The Morgan fingerprint density at radius 1 is 1.15 bits per heavy atom. The molecule has 20 heavy (non-hydrogen) atoms. The van der Waals surface area contributed by atoms with E-state index in [2.05, 4.69) is 10.5 Å². The van der Waals surface area contributed by atoms with Gasteiger partial charge in [-0.05, 0) is 35.9 Å². The summed E-state index contributed by atoms with van der Waals surface area (Å²) in [5.74, 6) is -1.08. The van der Waals surface area contributed by atoms with Crippen molar-refractivity contribution in [3.8, 4) is 0 Å². The highest BCUT2D eigenvalue weighted by atomic mass is 35.5. The van der Waals surface area contributed by atoms with E-state index in [0.29, 0.717) is 10.7 Å². The van der Waals surface area contributed by atoms with E-state index >= 15 is 0 Å². The Balaban J connectivity index is 2.09. The fraction of sp³-hybridized carbons (Fsp3) is 0. The van der Waals surface area contributed by atoms with Gasteiger partial charge in [0.25, 0.3) is 0 Å². The largest absolute Gasteiger partial charge is 0.478 e. The van der Waals surface area contributed by atoms with Gasteiger partial charge in [-0.3, -0.25) is 5.43 Å². The fourth-order valence-corrected chi connectivity index (χ4v) is 1.81. The van der Waals surface area contributed by atoms with Crippen LogP contribution in [0.4, 0.5) is 5.69 Å². The average Bonchev–Trinajstić information content (AvgIpc) is 2.42. The van der Waals surface area contributed by atoms with Crippen LogP contribution < -0.4 is 5.43 Å². The summed E-state index contributed by atoms with van der Waals surface area (Å²) >= 11 is 11.6. The first-order valence-corrected chi connectivity index (χ1v) is 6.39. The van der Waals surface area contributed by atoms with Crippen LogP contribution in [-0.4, -0.2) is 17.3 Å². The molecule has 0 fully saturated rings. The van der Waals surface area contributed by atoms with Gasteiger partial charge in [-0.15, -0.1) is 0 Å². The van der Waals surface area contributed by atoms with E-state index in [4.69, 9.17) is 28.3 Å². The number of carboxylic acids is 1. The van der Waals surface area contributed by atoms with Crippen LogP contribution in [0.2, 0.25) is 10.0 Å². The Kier molecular flexibility index (Phi) is 4.61. The molecule has 0 saturated carbocycles. The summed E-state index contributed by atoms with van der Waals surface area (Å²) in [6, 6.07) is 11.7. The average molecular weight is 309 g/mol. The number of carbonyl (C=O) groups is 1. The lowest BCUT2D eigenvalue weighted by Gasteiger charge is -2.03. The van der Waals surface area contributed by atoms with Crippen molar-refractivity contribution in [2.45, 2.75) is 0 Å². The Bertz CT molecular complexity index is 655. The third-order valence-corrected chi connectivity index (χ3v) is 3.06. The second-order valence-electron chi connectivity index (χ2n) is 3.92. The van der Waals surface area contributed by atoms with Crippen molar-refractivity contribution in [1.82, 2.24) is 0 Å². The van der Waals surface area contributed by atoms with Crippen molar-refractivity contribution in [2.75, 3.05) is 5.43 Å². The first-order valence-electron chi connectivity index (χ1n) is 5.64. The normalized spacial score (nSPS) is 10.7. The minimum atomic E-state index is -1.08. The SMILES string of the molecule is O=C(O)c1cc(NN=Cc2ccc(Cl)cc2)ccc1Cl. The Morgan fingerprint density at radius 2 is 1.85 bits per heavy atom. The van der Waals surface area contributed by atoms with E-state index < -0.39 is 5.97 Å². The number of hydrogen-bond acceptors (Lipinski definition) is 3. The van der Waals surface area contributed by atoms with E-state index in [-0.39, 0.29) is 10.6 Å². The lowest BCUT2D eigenvalue weighted by Crippen LogP contribution is -1.99. The molecular formula is C14H10Cl2N2O2. The quantitative estimate of drug-likeness (QED) is 0.659. The van der Waals surface area contributed by atoms with E-state index in [1.165, 1.54) is 12.1 Å². The molecule has 0 radical (unpaired) electrons. The van der Waals surface area contributed by atoms with Crippen molar-refractivity contribution in [1.29, 1.82) is 0 Å². The molecule has 0 amide bonds. The van der Waals surface area contributed by atoms with Crippen LogP contribution in [0.3, 0.4) is 0 Å². The predicted molar refractivity (Wildman–Crippen MR) is 81.1 cm³/mol. The maximum Gasteiger partial charge on any atom is 0.337 e. The Labute approximate surface area is 125 Å². The Morgan fingerprint density at radius 3 is 2.50 bits per heavy atom. The molecule has 2 aromatic rings. The topological polar surface area (TPSA) is 61.7 Å². The number of hydrogen-bond donors (Lipinski definition) is 2. The van der Waals surface area contributed by atoms with Crippen LogP contribution in [-0.2, 0) is 0 Å². The van der Waals surface area contributed by atoms with E-state index in [1.807, 2.05) is 12.1 Å². The molecule has 0 aliphatic heterocycles. The molecular weight excluding hydrogens is 299 g/mol. The van der Waals surface area contributed by atoms with Gasteiger partial charge in [0.1, 0.15) is 0 Å². The smallest absolute Gasteiger partial charge is 0.337 e. The lowest BCUT2D eigenvalue weighted by molar-refractivity contribution is 0.0697. The van der Waals surface area contributed by atoms with Crippen LogP contribution in [0.5, 0.6) is 0 Å². The number of hydrazone groups is 1. The molecule has 0 saturated heterocycles. The van der Waals surface area contributed by atoms with Gasteiger partial charge in [-0.1, -0.05) is 35.3 Å². The maximum atomic E-state index is 10.9. The molecule has 0 spiro atoms. The molecule has 0 atom stereocenters. The number of nitrogens with one attached hydrogen (secondary N) is 1. The number of aromatic carboxylic acids is 1. The molecule has 2 aromatic carbocycles. The molecule has 0 unspecified atom stereocenters. The minimum absolute atomic E-state index is 0.0263. The number of carboxylic acid groups (broad SMARTS) is 1. The molecule has 2 N–H and O–H groups in total. The number of halogens is 2. The van der Waals surface area contributed by atoms with Gasteiger partial charge >= 0.3 is 5.97 Å². The highest BCUT2D eigenvalue weighted by Crippen LogP contribution is 2.20. The van der Waals surface area contributed by atoms with Crippen molar-refractivity contribution < 1.29 is 9.90 Å². The highest BCUT2D eigenvalue weighted by Gasteiger charge is 2.08. The van der Waals surface area contributed by atoms with Crippen molar-refractivity contribution >= 4 is 41.1 Å². The van der Waals surface area contributed by atoms with Crippen LogP contribution in [0.25, 0.3) is 0 Å². The molecule has 102 valence electrons. The van der Waals surface area contributed by atoms with Crippen molar-refractivity contribution in [3.63, 3.8) is 0 Å². The number of benzene rings is 2. The van der Waals surface area contributed by atoms with Crippen LogP contribution >= 0.6 is 23.2 Å². The van der Waals surface area contributed by atoms with Gasteiger partial charge in [-0.25, -0.2) is 4.79 Å². The highest BCUT2D eigenvalue weighted by molar-refractivity contribution is 6.33. The number of nitrogens with zero attached hydrogens (tertiary/aromatic N) is 1. The third-order valence-electron chi connectivity index (χ3n) is 2.47. The predicted octanol–water partition coefficient (Wildman–Crippen LogP) is 4.14. The molecule has 0 aromatic heterocycles. The van der Waals surface area contributed by atoms with E-state index in [1.54, 1.807) is 24.4 Å². The van der Waals surface area contributed by atoms with Crippen molar-refractivity contribution in [3.05, 3.63) is 63.6 Å². The van der Waals surface area contributed by atoms with Gasteiger partial charge in [0.15, 0.2) is 0 Å². The van der Waals surface area contributed by atoms with Crippen LogP contribution in [0, 0.1) is 0 Å². The summed E-state index contributed by atoms with van der Waals surface area (Å²) in [5.41, 5.74) is 4.18. The van der Waals surface area contributed by atoms with Gasteiger partial charge < -0.3 is 5.11 Å². The van der Waals surface area contributed by atoms with E-state index in [0.717, 1.165) is 5.56 Å². The summed E-state index contributed by atoms with van der Waals surface area (Å²) in [6.45, 7) is 0. The first kappa shape index (κ1) is 14.4. The summed E-state index contributed by atoms with van der Waals surface area (Å²) in [5, 5.41) is 13.8. The van der Waals surface area contributed by atoms with Crippen molar-refractivity contribution in [2.24, 2.45) is 5.10 Å². The zero-order valence-electron chi connectivity index (χ0n) is 10.2.